The molecule has 0 radical (unpaired) electrons. The normalized spacial score (nSPS) is 21.7. The van der Waals surface area contributed by atoms with E-state index in [2.05, 4.69) is 0 Å². The number of carbonyl (C=O) groups excluding carboxylic acids is 1. The number of aliphatic carboxylic acids is 1. The largest absolute Gasteiger partial charge is 0.480 e. The van der Waals surface area contributed by atoms with Crippen LogP contribution in [0.15, 0.2) is 24.3 Å². The average Bonchev–Trinajstić information content (AvgIpc) is 2.82. The minimum absolute atomic E-state index is 0.321. The van der Waals surface area contributed by atoms with E-state index in [0.717, 1.165) is 5.56 Å². The second-order valence-electron chi connectivity index (χ2n) is 5.98. The molecule has 2 atom stereocenters. The molecule has 1 N–H and O–H groups in total. The number of carbonyl (C=O) groups is 2. The van der Waals surface area contributed by atoms with E-state index in [4.69, 9.17) is 16.3 Å². The van der Waals surface area contributed by atoms with Crippen molar-refractivity contribution in [3.05, 3.63) is 34.9 Å². The Labute approximate surface area is 138 Å². The first-order valence-corrected chi connectivity index (χ1v) is 8.23. The van der Waals surface area contributed by atoms with E-state index < -0.39 is 29.1 Å². The number of amides is 1. The van der Waals surface area contributed by atoms with E-state index in [9.17, 15) is 14.7 Å². The van der Waals surface area contributed by atoms with E-state index in [1.54, 1.807) is 45.0 Å². The minimum atomic E-state index is -1.03. The highest BCUT2D eigenvalue weighted by Gasteiger charge is 2.44. The van der Waals surface area contributed by atoms with Crippen LogP contribution in [0.3, 0.4) is 0 Å². The van der Waals surface area contributed by atoms with Crippen molar-refractivity contribution in [3.8, 4) is 0 Å². The number of ether oxygens (including phenoxy) is 1. The van der Waals surface area contributed by atoms with Crippen LogP contribution in [0.1, 0.15) is 31.7 Å². The molecule has 1 fully saturated rings. The molecule has 0 aliphatic carbocycles. The second-order valence-corrected chi connectivity index (χ2v) is 7.53. The summed E-state index contributed by atoms with van der Waals surface area (Å²) in [5, 5.41) is 9.55. The first kappa shape index (κ1) is 17.0. The third-order valence-electron chi connectivity index (χ3n) is 3.04. The van der Waals surface area contributed by atoms with Gasteiger partial charge in [-0.15, -0.1) is 11.8 Å². The molecule has 120 valence electrons. The fraction of sp³-hybridized carbons (Fsp3) is 0.467. The topological polar surface area (TPSA) is 66.8 Å². The van der Waals surface area contributed by atoms with Crippen LogP contribution in [0.5, 0.6) is 0 Å². The molecule has 7 heteroatoms. The predicted octanol–water partition coefficient (Wildman–Crippen LogP) is 3.78. The molecule has 1 aliphatic heterocycles. The molecule has 1 aliphatic rings. The Kier molecular flexibility index (Phi) is 4.92. The van der Waals surface area contributed by atoms with Crippen LogP contribution in [0, 0.1) is 0 Å². The maximum Gasteiger partial charge on any atom is 0.412 e. The van der Waals surface area contributed by atoms with E-state index in [-0.39, 0.29) is 0 Å². The van der Waals surface area contributed by atoms with Crippen LogP contribution >= 0.6 is 23.4 Å². The van der Waals surface area contributed by atoms with Gasteiger partial charge in [-0.3, -0.25) is 4.90 Å². The Morgan fingerprint density at radius 3 is 2.41 bits per heavy atom. The number of halogens is 1. The molecule has 1 heterocycles. The smallest absolute Gasteiger partial charge is 0.412 e. The monoisotopic (exact) mass is 343 g/mol. The number of carboxylic acids is 1. The first-order valence-electron chi connectivity index (χ1n) is 6.80. The highest BCUT2D eigenvalue weighted by atomic mass is 35.5. The molecule has 0 aromatic heterocycles. The number of nitrogens with zero attached hydrogens (tertiary/aromatic N) is 1. The first-order chi connectivity index (χ1) is 10.2. The summed E-state index contributed by atoms with van der Waals surface area (Å²) < 4.78 is 5.36. The summed E-state index contributed by atoms with van der Waals surface area (Å²) in [6.45, 7) is 5.25. The average molecular weight is 344 g/mol. The van der Waals surface area contributed by atoms with Crippen molar-refractivity contribution in [3.63, 3.8) is 0 Å². The predicted molar refractivity (Wildman–Crippen MR) is 86.1 cm³/mol. The Bertz CT molecular complexity index is 570. The molecule has 2 unspecified atom stereocenters. The molecule has 0 bridgehead atoms. The molecular weight excluding hydrogens is 326 g/mol. The highest BCUT2D eigenvalue weighted by molar-refractivity contribution is 7.99. The van der Waals surface area contributed by atoms with E-state index >= 15 is 0 Å². The van der Waals surface area contributed by atoms with Gasteiger partial charge in [-0.05, 0) is 38.5 Å². The van der Waals surface area contributed by atoms with E-state index in [0.29, 0.717) is 10.8 Å². The minimum Gasteiger partial charge on any atom is -0.480 e. The van der Waals surface area contributed by atoms with Gasteiger partial charge in [-0.25, -0.2) is 9.59 Å². The lowest BCUT2D eigenvalue weighted by molar-refractivity contribution is -0.142. The summed E-state index contributed by atoms with van der Waals surface area (Å²) in [6.07, 6.45) is -0.621. The second kappa shape index (κ2) is 6.38. The van der Waals surface area contributed by atoms with Crippen molar-refractivity contribution in [2.24, 2.45) is 0 Å². The van der Waals surface area contributed by atoms with Gasteiger partial charge in [0.15, 0.2) is 0 Å². The zero-order chi connectivity index (χ0) is 16.5. The van der Waals surface area contributed by atoms with Gasteiger partial charge in [0.05, 0.1) is 0 Å². The molecule has 0 saturated carbocycles. The van der Waals surface area contributed by atoms with Gasteiger partial charge in [0, 0.05) is 10.8 Å². The van der Waals surface area contributed by atoms with Crippen molar-refractivity contribution in [1.82, 2.24) is 4.90 Å². The maximum absolute atomic E-state index is 12.4. The van der Waals surface area contributed by atoms with Gasteiger partial charge >= 0.3 is 12.1 Å². The van der Waals surface area contributed by atoms with Crippen molar-refractivity contribution in [1.29, 1.82) is 0 Å². The number of hydrogen-bond acceptors (Lipinski definition) is 4. The molecule has 2 rings (SSSR count). The van der Waals surface area contributed by atoms with E-state index in [1.165, 1.54) is 16.7 Å². The molecule has 1 amide bonds. The lowest BCUT2D eigenvalue weighted by Gasteiger charge is -2.30. The zero-order valence-corrected chi connectivity index (χ0v) is 14.1. The molecule has 1 aromatic rings. The molecule has 1 aromatic carbocycles. The van der Waals surface area contributed by atoms with Crippen LogP contribution in [-0.2, 0) is 9.53 Å². The summed E-state index contributed by atoms with van der Waals surface area (Å²) in [5.74, 6) is -0.711. The summed E-state index contributed by atoms with van der Waals surface area (Å²) in [6, 6.07) is 6.13. The van der Waals surface area contributed by atoms with Crippen LogP contribution < -0.4 is 0 Å². The molecule has 22 heavy (non-hydrogen) atoms. The summed E-state index contributed by atoms with van der Waals surface area (Å²) in [5.41, 5.74) is 0.141. The van der Waals surface area contributed by atoms with Crippen LogP contribution in [0.4, 0.5) is 4.79 Å². The Morgan fingerprint density at radius 1 is 1.32 bits per heavy atom. The van der Waals surface area contributed by atoms with Gasteiger partial charge in [-0.2, -0.15) is 0 Å². The third-order valence-corrected chi connectivity index (χ3v) is 4.62. The van der Waals surface area contributed by atoms with Crippen LogP contribution in [0.25, 0.3) is 0 Å². The fourth-order valence-electron chi connectivity index (χ4n) is 2.12. The summed E-state index contributed by atoms with van der Waals surface area (Å²) in [4.78, 5) is 25.1. The lowest BCUT2D eigenvalue weighted by atomic mass is 10.2. The molecule has 5 nitrogen and oxygen atoms in total. The number of rotatable bonds is 2. The third kappa shape index (κ3) is 3.87. The maximum atomic E-state index is 12.4. The van der Waals surface area contributed by atoms with Gasteiger partial charge in [0.1, 0.15) is 17.0 Å². The van der Waals surface area contributed by atoms with E-state index in [1.807, 2.05) is 0 Å². The van der Waals surface area contributed by atoms with Crippen molar-refractivity contribution in [2.75, 3.05) is 5.75 Å². The summed E-state index contributed by atoms with van der Waals surface area (Å²) >= 11 is 7.28. The van der Waals surface area contributed by atoms with Crippen molar-refractivity contribution < 1.29 is 19.4 Å². The van der Waals surface area contributed by atoms with Crippen LogP contribution in [-0.4, -0.2) is 39.5 Å². The SMILES string of the molecule is CC(C)(C)OC(=O)N1C(C(=O)O)CSC1c1ccc(Cl)cc1. The Balaban J connectivity index is 2.30. The molecule has 1 saturated heterocycles. The highest BCUT2D eigenvalue weighted by Crippen LogP contribution is 2.42. The molecular formula is C15H18ClNO4S. The van der Waals surface area contributed by atoms with Crippen molar-refractivity contribution >= 4 is 35.4 Å². The number of benzene rings is 1. The molecule has 0 spiro atoms. The lowest BCUT2D eigenvalue weighted by Crippen LogP contribution is -2.45. The van der Waals surface area contributed by atoms with Gasteiger partial charge in [0.25, 0.3) is 0 Å². The zero-order valence-electron chi connectivity index (χ0n) is 12.6. The van der Waals surface area contributed by atoms with Crippen molar-refractivity contribution in [2.45, 2.75) is 37.8 Å². The quantitative estimate of drug-likeness (QED) is 0.885. The number of hydrogen-bond donors (Lipinski definition) is 1. The Morgan fingerprint density at radius 2 is 1.91 bits per heavy atom. The van der Waals surface area contributed by atoms with Crippen LogP contribution in [0.2, 0.25) is 5.02 Å². The fourth-order valence-corrected chi connectivity index (χ4v) is 3.66. The summed E-state index contributed by atoms with van der Waals surface area (Å²) in [7, 11) is 0. The van der Waals surface area contributed by atoms with Gasteiger partial charge in [-0.1, -0.05) is 23.7 Å². The van der Waals surface area contributed by atoms with Gasteiger partial charge < -0.3 is 9.84 Å². The number of thioether (sulfide) groups is 1. The number of carboxylic acid groups (broad SMARTS) is 1. The standard InChI is InChI=1S/C15H18ClNO4S/c1-15(2,3)21-14(20)17-11(13(18)19)8-22-12(17)9-4-6-10(16)7-5-9/h4-7,11-12H,8H2,1-3H3,(H,18,19). The van der Waals surface area contributed by atoms with Gasteiger partial charge in [0.2, 0.25) is 0 Å². The Hall–Kier alpha value is -1.40.